The molecular weight excluding hydrogens is 180 g/mol. The Morgan fingerprint density at radius 2 is 2.07 bits per heavy atom. The van der Waals surface area contributed by atoms with Gasteiger partial charge in [-0.3, -0.25) is 4.79 Å². The molecule has 1 aromatic carbocycles. The van der Waals surface area contributed by atoms with Gasteiger partial charge in [-0.1, -0.05) is 30.3 Å². The number of ketones is 1. The van der Waals surface area contributed by atoms with Crippen LogP contribution in [0.25, 0.3) is 0 Å². The molecule has 3 heteroatoms. The van der Waals surface area contributed by atoms with Gasteiger partial charge in [0, 0.05) is 5.56 Å². The molecule has 0 aromatic heterocycles. The lowest BCUT2D eigenvalue weighted by Crippen LogP contribution is -2.22. The first-order valence-electron chi connectivity index (χ1n) is 4.57. The summed E-state index contributed by atoms with van der Waals surface area (Å²) in [5, 5.41) is 8.53. The van der Waals surface area contributed by atoms with E-state index in [4.69, 9.17) is 9.84 Å². The van der Waals surface area contributed by atoms with Crippen molar-refractivity contribution in [3.8, 4) is 0 Å². The van der Waals surface area contributed by atoms with Crippen molar-refractivity contribution in [3.05, 3.63) is 35.9 Å². The molecule has 0 saturated heterocycles. The van der Waals surface area contributed by atoms with Crippen LogP contribution in [0.5, 0.6) is 0 Å². The van der Waals surface area contributed by atoms with Gasteiger partial charge < -0.3 is 9.84 Å². The molecule has 1 aromatic rings. The molecule has 1 N–H and O–H groups in total. The third-order valence-corrected chi connectivity index (χ3v) is 1.89. The van der Waals surface area contributed by atoms with E-state index in [2.05, 4.69) is 0 Å². The van der Waals surface area contributed by atoms with Crippen molar-refractivity contribution in [2.45, 2.75) is 13.0 Å². The van der Waals surface area contributed by atoms with Crippen molar-refractivity contribution in [1.82, 2.24) is 0 Å². The zero-order valence-corrected chi connectivity index (χ0v) is 8.14. The molecule has 0 spiro atoms. The van der Waals surface area contributed by atoms with E-state index in [1.165, 1.54) is 0 Å². The van der Waals surface area contributed by atoms with Crippen LogP contribution in [0.2, 0.25) is 0 Å². The number of carbonyl (C=O) groups excluding carboxylic acids is 1. The van der Waals surface area contributed by atoms with E-state index in [1.54, 1.807) is 19.1 Å². The van der Waals surface area contributed by atoms with Crippen LogP contribution in [0.15, 0.2) is 30.3 Å². The van der Waals surface area contributed by atoms with Crippen LogP contribution in [0, 0.1) is 0 Å². The number of aliphatic hydroxyl groups excluding tert-OH is 1. The van der Waals surface area contributed by atoms with Crippen LogP contribution >= 0.6 is 0 Å². The van der Waals surface area contributed by atoms with E-state index in [1.807, 2.05) is 18.2 Å². The lowest BCUT2D eigenvalue weighted by Gasteiger charge is -2.10. The summed E-state index contributed by atoms with van der Waals surface area (Å²) in [6, 6.07) is 8.98. The number of hydrogen-bond acceptors (Lipinski definition) is 3. The SMILES string of the molecule is CC(OCCO)C(=O)c1ccccc1. The van der Waals surface area contributed by atoms with E-state index < -0.39 is 6.10 Å². The molecule has 0 bridgehead atoms. The topological polar surface area (TPSA) is 46.5 Å². The molecule has 1 rings (SSSR count). The highest BCUT2D eigenvalue weighted by Crippen LogP contribution is 2.05. The average molecular weight is 194 g/mol. The molecular formula is C11H14O3. The van der Waals surface area contributed by atoms with Crippen molar-refractivity contribution < 1.29 is 14.6 Å². The van der Waals surface area contributed by atoms with E-state index >= 15 is 0 Å². The number of aliphatic hydroxyl groups is 1. The van der Waals surface area contributed by atoms with Crippen molar-refractivity contribution in [2.24, 2.45) is 0 Å². The third-order valence-electron chi connectivity index (χ3n) is 1.89. The molecule has 0 saturated carbocycles. The van der Waals surface area contributed by atoms with Crippen LogP contribution in [-0.2, 0) is 4.74 Å². The molecule has 0 amide bonds. The molecule has 1 unspecified atom stereocenters. The van der Waals surface area contributed by atoms with Crippen LogP contribution in [0.4, 0.5) is 0 Å². The van der Waals surface area contributed by atoms with Gasteiger partial charge in [0.1, 0.15) is 6.10 Å². The Morgan fingerprint density at radius 3 is 2.64 bits per heavy atom. The molecule has 1 atom stereocenters. The smallest absolute Gasteiger partial charge is 0.191 e. The van der Waals surface area contributed by atoms with Gasteiger partial charge in [0.15, 0.2) is 5.78 Å². The Morgan fingerprint density at radius 1 is 1.43 bits per heavy atom. The molecule has 0 heterocycles. The molecule has 0 aliphatic heterocycles. The fourth-order valence-electron chi connectivity index (χ4n) is 1.14. The number of benzene rings is 1. The Hall–Kier alpha value is -1.19. The summed E-state index contributed by atoms with van der Waals surface area (Å²) in [6.07, 6.45) is -0.496. The van der Waals surface area contributed by atoms with Gasteiger partial charge in [-0.15, -0.1) is 0 Å². The highest BCUT2D eigenvalue weighted by Gasteiger charge is 2.14. The molecule has 0 radical (unpaired) electrons. The minimum atomic E-state index is -0.496. The highest BCUT2D eigenvalue weighted by atomic mass is 16.5. The Kier molecular flexibility index (Phi) is 4.29. The number of carbonyl (C=O) groups is 1. The molecule has 0 aliphatic rings. The van der Waals surface area contributed by atoms with Crippen LogP contribution in [-0.4, -0.2) is 30.2 Å². The summed E-state index contributed by atoms with van der Waals surface area (Å²) < 4.78 is 5.11. The lowest BCUT2D eigenvalue weighted by atomic mass is 10.1. The van der Waals surface area contributed by atoms with Gasteiger partial charge in [-0.25, -0.2) is 0 Å². The second-order valence-corrected chi connectivity index (χ2v) is 2.97. The predicted molar refractivity (Wildman–Crippen MR) is 53.3 cm³/mol. The van der Waals surface area contributed by atoms with Crippen molar-refractivity contribution >= 4 is 5.78 Å². The summed E-state index contributed by atoms with van der Waals surface area (Å²) in [4.78, 5) is 11.6. The van der Waals surface area contributed by atoms with Gasteiger partial charge in [0.25, 0.3) is 0 Å². The summed E-state index contributed by atoms with van der Waals surface area (Å²) >= 11 is 0. The van der Waals surface area contributed by atoms with Gasteiger partial charge in [0.2, 0.25) is 0 Å². The normalized spacial score (nSPS) is 12.4. The van der Waals surface area contributed by atoms with E-state index in [0.29, 0.717) is 5.56 Å². The van der Waals surface area contributed by atoms with Crippen molar-refractivity contribution in [3.63, 3.8) is 0 Å². The summed E-state index contributed by atoms with van der Waals surface area (Å²) in [7, 11) is 0. The van der Waals surface area contributed by atoms with Gasteiger partial charge >= 0.3 is 0 Å². The molecule has 0 fully saturated rings. The first-order chi connectivity index (χ1) is 6.75. The lowest BCUT2D eigenvalue weighted by molar-refractivity contribution is 0.0340. The second-order valence-electron chi connectivity index (χ2n) is 2.97. The number of ether oxygens (including phenoxy) is 1. The predicted octanol–water partition coefficient (Wildman–Crippen LogP) is 1.27. The Balaban J connectivity index is 2.57. The van der Waals surface area contributed by atoms with Gasteiger partial charge in [-0.05, 0) is 6.92 Å². The standard InChI is InChI=1S/C11H14O3/c1-9(14-8-7-12)11(13)10-5-3-2-4-6-10/h2-6,9,12H,7-8H2,1H3. The van der Waals surface area contributed by atoms with Crippen LogP contribution in [0.1, 0.15) is 17.3 Å². The minimum absolute atomic E-state index is 0.0564. The average Bonchev–Trinajstić information content (AvgIpc) is 2.26. The third kappa shape index (κ3) is 2.94. The first-order valence-corrected chi connectivity index (χ1v) is 4.57. The highest BCUT2D eigenvalue weighted by molar-refractivity contribution is 5.99. The summed E-state index contributed by atoms with van der Waals surface area (Å²) in [6.45, 7) is 1.82. The van der Waals surface area contributed by atoms with E-state index in [-0.39, 0.29) is 19.0 Å². The first kappa shape index (κ1) is 10.9. The molecule has 3 nitrogen and oxygen atoms in total. The number of hydrogen-bond donors (Lipinski definition) is 1. The maximum absolute atomic E-state index is 11.6. The van der Waals surface area contributed by atoms with Crippen LogP contribution < -0.4 is 0 Å². The quantitative estimate of drug-likeness (QED) is 0.718. The molecule has 76 valence electrons. The van der Waals surface area contributed by atoms with E-state index in [0.717, 1.165) is 0 Å². The van der Waals surface area contributed by atoms with Crippen molar-refractivity contribution in [1.29, 1.82) is 0 Å². The fraction of sp³-hybridized carbons (Fsp3) is 0.364. The minimum Gasteiger partial charge on any atom is -0.394 e. The summed E-state index contributed by atoms with van der Waals surface area (Å²) in [5.41, 5.74) is 0.637. The largest absolute Gasteiger partial charge is 0.394 e. The second kappa shape index (κ2) is 5.52. The fourth-order valence-corrected chi connectivity index (χ4v) is 1.14. The zero-order valence-electron chi connectivity index (χ0n) is 8.14. The van der Waals surface area contributed by atoms with E-state index in [9.17, 15) is 4.79 Å². The zero-order chi connectivity index (χ0) is 10.4. The van der Waals surface area contributed by atoms with Crippen LogP contribution in [0.3, 0.4) is 0 Å². The molecule has 14 heavy (non-hydrogen) atoms. The maximum Gasteiger partial charge on any atom is 0.191 e. The summed E-state index contributed by atoms with van der Waals surface area (Å²) in [5.74, 6) is -0.0564. The monoisotopic (exact) mass is 194 g/mol. The van der Waals surface area contributed by atoms with Gasteiger partial charge in [-0.2, -0.15) is 0 Å². The Labute approximate surface area is 83.3 Å². The molecule has 0 aliphatic carbocycles. The van der Waals surface area contributed by atoms with Gasteiger partial charge in [0.05, 0.1) is 13.2 Å². The number of Topliss-reactive ketones (excluding diaryl/α,β-unsaturated/α-hetero) is 1. The van der Waals surface area contributed by atoms with Crippen molar-refractivity contribution in [2.75, 3.05) is 13.2 Å². The number of rotatable bonds is 5. The maximum atomic E-state index is 11.6. The Bertz CT molecular complexity index is 282.